The van der Waals surface area contributed by atoms with Crippen molar-refractivity contribution in [1.29, 1.82) is 0 Å². The molecule has 0 bridgehead atoms. The van der Waals surface area contributed by atoms with Crippen LogP contribution in [0.15, 0.2) is 35.7 Å². The fraction of sp³-hybridized carbons (Fsp3) is 0.400. The number of aromatic nitrogens is 2. The first-order valence-electron chi connectivity index (χ1n) is 6.99. The fourth-order valence-electron chi connectivity index (χ4n) is 2.16. The highest BCUT2D eigenvalue weighted by atomic mass is 32.2. The highest BCUT2D eigenvalue weighted by molar-refractivity contribution is 7.99. The second kappa shape index (κ2) is 6.41. The van der Waals surface area contributed by atoms with Crippen molar-refractivity contribution in [2.45, 2.75) is 17.6 Å². The SMILES string of the molecule is Cn1ccnc1SCC(N)c1ccc2c(c1)OCCCO2. The molecule has 0 saturated carbocycles. The summed E-state index contributed by atoms with van der Waals surface area (Å²) in [5.41, 5.74) is 7.34. The molecule has 1 aliphatic heterocycles. The van der Waals surface area contributed by atoms with Crippen molar-refractivity contribution in [2.24, 2.45) is 12.8 Å². The van der Waals surface area contributed by atoms with Gasteiger partial charge >= 0.3 is 0 Å². The lowest BCUT2D eigenvalue weighted by atomic mass is 10.1. The van der Waals surface area contributed by atoms with Crippen molar-refractivity contribution in [3.63, 3.8) is 0 Å². The molecule has 1 atom stereocenters. The van der Waals surface area contributed by atoms with Gasteiger partial charge in [0.25, 0.3) is 0 Å². The number of nitrogens with zero attached hydrogens (tertiary/aromatic N) is 2. The maximum absolute atomic E-state index is 6.28. The van der Waals surface area contributed by atoms with Gasteiger partial charge in [-0.2, -0.15) is 0 Å². The molecule has 1 unspecified atom stereocenters. The third-order valence-corrected chi connectivity index (χ3v) is 4.55. The van der Waals surface area contributed by atoms with Gasteiger partial charge in [0.1, 0.15) is 0 Å². The third-order valence-electron chi connectivity index (χ3n) is 3.37. The van der Waals surface area contributed by atoms with E-state index >= 15 is 0 Å². The zero-order valence-electron chi connectivity index (χ0n) is 12.0. The van der Waals surface area contributed by atoms with Crippen LogP contribution in [0, 0.1) is 0 Å². The van der Waals surface area contributed by atoms with Gasteiger partial charge in [-0.3, -0.25) is 0 Å². The molecule has 0 amide bonds. The van der Waals surface area contributed by atoms with Gasteiger partial charge < -0.3 is 19.8 Å². The van der Waals surface area contributed by atoms with E-state index in [9.17, 15) is 0 Å². The summed E-state index contributed by atoms with van der Waals surface area (Å²) in [6.07, 6.45) is 4.63. The molecule has 1 aromatic carbocycles. The van der Waals surface area contributed by atoms with Gasteiger partial charge in [-0.15, -0.1) is 0 Å². The van der Waals surface area contributed by atoms with Crippen LogP contribution in [0.5, 0.6) is 11.5 Å². The standard InChI is InChI=1S/C15H19N3O2S/c1-18-6-5-17-15(18)21-10-12(16)11-3-4-13-14(9-11)20-8-2-7-19-13/h3-6,9,12H,2,7-8,10,16H2,1H3. The normalized spacial score (nSPS) is 15.5. The van der Waals surface area contributed by atoms with Crippen molar-refractivity contribution in [3.8, 4) is 11.5 Å². The molecule has 5 nitrogen and oxygen atoms in total. The number of rotatable bonds is 4. The van der Waals surface area contributed by atoms with E-state index in [0.29, 0.717) is 13.2 Å². The average molecular weight is 305 g/mol. The molecule has 6 heteroatoms. The molecule has 1 aliphatic rings. The first-order chi connectivity index (χ1) is 10.2. The Morgan fingerprint density at radius 1 is 1.33 bits per heavy atom. The predicted molar refractivity (Wildman–Crippen MR) is 82.9 cm³/mol. The number of thioether (sulfide) groups is 1. The number of aryl methyl sites for hydroxylation is 1. The smallest absolute Gasteiger partial charge is 0.167 e. The summed E-state index contributed by atoms with van der Waals surface area (Å²) in [5, 5.41) is 0.972. The van der Waals surface area contributed by atoms with Crippen LogP contribution >= 0.6 is 11.8 Å². The Labute approximate surface area is 128 Å². The molecule has 2 heterocycles. The number of ether oxygens (including phenoxy) is 2. The molecule has 1 aromatic heterocycles. The second-order valence-electron chi connectivity index (χ2n) is 4.99. The summed E-state index contributed by atoms with van der Waals surface area (Å²) in [4.78, 5) is 4.29. The van der Waals surface area contributed by atoms with Gasteiger partial charge in [0, 0.05) is 37.7 Å². The van der Waals surface area contributed by atoms with E-state index in [1.165, 1.54) is 0 Å². The van der Waals surface area contributed by atoms with Crippen LogP contribution in [0.4, 0.5) is 0 Å². The van der Waals surface area contributed by atoms with Crippen molar-refractivity contribution in [3.05, 3.63) is 36.2 Å². The number of fused-ring (bicyclic) bond motifs is 1. The first-order valence-corrected chi connectivity index (χ1v) is 7.98. The largest absolute Gasteiger partial charge is 0.490 e. The summed E-state index contributed by atoms with van der Waals surface area (Å²) in [7, 11) is 1.98. The maximum atomic E-state index is 6.28. The van der Waals surface area contributed by atoms with E-state index in [1.807, 2.05) is 36.0 Å². The number of nitrogens with two attached hydrogens (primary N) is 1. The number of hydrogen-bond donors (Lipinski definition) is 1. The Hall–Kier alpha value is -1.66. The molecule has 0 radical (unpaired) electrons. The van der Waals surface area contributed by atoms with Crippen molar-refractivity contribution in [2.75, 3.05) is 19.0 Å². The van der Waals surface area contributed by atoms with E-state index in [-0.39, 0.29) is 6.04 Å². The lowest BCUT2D eigenvalue weighted by Gasteiger charge is -2.14. The zero-order valence-corrected chi connectivity index (χ0v) is 12.8. The van der Waals surface area contributed by atoms with E-state index < -0.39 is 0 Å². The topological polar surface area (TPSA) is 62.3 Å². The molecule has 112 valence electrons. The Morgan fingerprint density at radius 2 is 2.14 bits per heavy atom. The minimum Gasteiger partial charge on any atom is -0.490 e. The minimum atomic E-state index is -0.0659. The number of imidazole rings is 1. The van der Waals surface area contributed by atoms with Gasteiger partial charge in [0.15, 0.2) is 16.7 Å². The molecule has 2 N–H and O–H groups in total. The summed E-state index contributed by atoms with van der Waals surface area (Å²) < 4.78 is 13.3. The van der Waals surface area contributed by atoms with E-state index in [1.54, 1.807) is 18.0 Å². The summed E-state index contributed by atoms with van der Waals surface area (Å²) in [6.45, 7) is 1.39. The molecular weight excluding hydrogens is 286 g/mol. The summed E-state index contributed by atoms with van der Waals surface area (Å²) in [5.74, 6) is 2.37. The molecule has 21 heavy (non-hydrogen) atoms. The van der Waals surface area contributed by atoms with Gasteiger partial charge in [0.05, 0.1) is 13.2 Å². The van der Waals surface area contributed by atoms with Crippen LogP contribution in [-0.2, 0) is 7.05 Å². The van der Waals surface area contributed by atoms with Crippen molar-refractivity contribution < 1.29 is 9.47 Å². The Morgan fingerprint density at radius 3 is 2.90 bits per heavy atom. The Bertz CT molecular complexity index is 615. The predicted octanol–water partition coefficient (Wildman–Crippen LogP) is 2.37. The van der Waals surface area contributed by atoms with Crippen molar-refractivity contribution >= 4 is 11.8 Å². The average Bonchev–Trinajstić information content (AvgIpc) is 2.76. The van der Waals surface area contributed by atoms with Gasteiger partial charge in [-0.25, -0.2) is 4.98 Å². The van der Waals surface area contributed by atoms with Crippen LogP contribution in [0.1, 0.15) is 18.0 Å². The Kier molecular flexibility index (Phi) is 4.36. The van der Waals surface area contributed by atoms with Gasteiger partial charge in [0.2, 0.25) is 0 Å². The molecule has 0 fully saturated rings. The van der Waals surface area contributed by atoms with Crippen LogP contribution in [-0.4, -0.2) is 28.5 Å². The summed E-state index contributed by atoms with van der Waals surface area (Å²) in [6, 6.07) is 5.88. The highest BCUT2D eigenvalue weighted by Crippen LogP contribution is 2.33. The van der Waals surface area contributed by atoms with E-state index in [0.717, 1.165) is 34.4 Å². The van der Waals surface area contributed by atoms with Gasteiger partial charge in [-0.1, -0.05) is 17.8 Å². The number of benzene rings is 1. The summed E-state index contributed by atoms with van der Waals surface area (Å²) >= 11 is 1.65. The highest BCUT2D eigenvalue weighted by Gasteiger charge is 2.14. The fourth-order valence-corrected chi connectivity index (χ4v) is 3.08. The first kappa shape index (κ1) is 14.3. The van der Waals surface area contributed by atoms with E-state index in [2.05, 4.69) is 4.98 Å². The zero-order chi connectivity index (χ0) is 14.7. The molecular formula is C15H19N3O2S. The third kappa shape index (κ3) is 3.33. The van der Waals surface area contributed by atoms with Gasteiger partial charge in [-0.05, 0) is 17.7 Å². The monoisotopic (exact) mass is 305 g/mol. The van der Waals surface area contributed by atoms with Crippen molar-refractivity contribution in [1.82, 2.24) is 9.55 Å². The Balaban J connectivity index is 1.68. The lowest BCUT2D eigenvalue weighted by molar-refractivity contribution is 0.297. The van der Waals surface area contributed by atoms with Crippen LogP contribution in [0.3, 0.4) is 0 Å². The lowest BCUT2D eigenvalue weighted by Crippen LogP contribution is -2.13. The second-order valence-corrected chi connectivity index (χ2v) is 5.98. The minimum absolute atomic E-state index is 0.0659. The molecule has 0 aliphatic carbocycles. The quantitative estimate of drug-likeness (QED) is 0.879. The van der Waals surface area contributed by atoms with E-state index in [4.69, 9.17) is 15.2 Å². The van der Waals surface area contributed by atoms with Crippen LogP contribution in [0.25, 0.3) is 0 Å². The van der Waals surface area contributed by atoms with Crippen LogP contribution in [0.2, 0.25) is 0 Å². The molecule has 3 rings (SSSR count). The maximum Gasteiger partial charge on any atom is 0.167 e. The van der Waals surface area contributed by atoms with Crippen LogP contribution < -0.4 is 15.2 Å². The molecule has 0 saturated heterocycles. The molecule has 0 spiro atoms. The number of hydrogen-bond acceptors (Lipinski definition) is 5. The molecule has 2 aromatic rings.